The number of hydrogen-bond acceptors (Lipinski definition) is 4. The summed E-state index contributed by atoms with van der Waals surface area (Å²) in [5, 5.41) is 2.46. The fourth-order valence-corrected chi connectivity index (χ4v) is 1.17. The molecule has 0 saturated carbocycles. The summed E-state index contributed by atoms with van der Waals surface area (Å²) in [5.41, 5.74) is 5.61. The molecule has 4 nitrogen and oxygen atoms in total. The van der Waals surface area contributed by atoms with E-state index in [1.54, 1.807) is 6.29 Å². The molecule has 2 atom stereocenters. The van der Waals surface area contributed by atoms with Crippen molar-refractivity contribution in [1.29, 1.82) is 0 Å². The molecule has 2 unspecified atom stereocenters. The molecule has 0 spiro atoms. The van der Waals surface area contributed by atoms with E-state index in [1.807, 2.05) is 13.8 Å². The van der Waals surface area contributed by atoms with Gasteiger partial charge in [0.15, 0.2) is 0 Å². The second kappa shape index (κ2) is 6.84. The van der Waals surface area contributed by atoms with Gasteiger partial charge in [-0.15, -0.1) is 0 Å². The topological polar surface area (TPSA) is 72.2 Å². The summed E-state index contributed by atoms with van der Waals surface area (Å²) in [4.78, 5) is 21.6. The third kappa shape index (κ3) is 5.24. The maximum Gasteiger partial charge on any atom is 0.237 e. The highest BCUT2D eigenvalue weighted by atomic mass is 32.1. The van der Waals surface area contributed by atoms with Crippen molar-refractivity contribution in [3.05, 3.63) is 0 Å². The van der Waals surface area contributed by atoms with Gasteiger partial charge < -0.3 is 11.1 Å². The first kappa shape index (κ1) is 13.4. The van der Waals surface area contributed by atoms with Gasteiger partial charge in [0.25, 0.3) is 0 Å². The molecule has 0 aromatic rings. The van der Waals surface area contributed by atoms with Crippen LogP contribution in [0.3, 0.4) is 0 Å². The standard InChI is InChI=1S/C9H17N2O2S/c1-6(2)3-8(10)9(13)11-7(4-12)5-14/h6-8,14H,3,5,10H2,1-2H3,(H,11,13). The molecular weight excluding hydrogens is 200 g/mol. The maximum atomic E-state index is 11.4. The van der Waals surface area contributed by atoms with Gasteiger partial charge in [-0.3, -0.25) is 9.59 Å². The molecule has 0 heterocycles. The molecule has 81 valence electrons. The molecule has 0 fully saturated rings. The van der Waals surface area contributed by atoms with Crippen molar-refractivity contribution in [2.45, 2.75) is 32.4 Å². The number of nitrogens with two attached hydrogens (primary N) is 1. The number of carbonyl (C=O) groups is 1. The second-order valence-electron chi connectivity index (χ2n) is 3.60. The van der Waals surface area contributed by atoms with E-state index >= 15 is 0 Å². The van der Waals surface area contributed by atoms with Crippen LogP contribution in [0.5, 0.6) is 0 Å². The number of amides is 1. The minimum Gasteiger partial charge on any atom is -0.344 e. The Balaban J connectivity index is 3.99. The van der Waals surface area contributed by atoms with Crippen molar-refractivity contribution >= 4 is 24.8 Å². The Morgan fingerprint density at radius 3 is 2.50 bits per heavy atom. The highest BCUT2D eigenvalue weighted by Gasteiger charge is 2.18. The van der Waals surface area contributed by atoms with Crippen LogP contribution in [0.2, 0.25) is 0 Å². The van der Waals surface area contributed by atoms with Crippen LogP contribution in [0.4, 0.5) is 0 Å². The minimum atomic E-state index is -0.663. The second-order valence-corrected chi connectivity index (χ2v) is 3.96. The zero-order valence-electron chi connectivity index (χ0n) is 8.49. The lowest BCUT2D eigenvalue weighted by atomic mass is 10.0. The highest BCUT2D eigenvalue weighted by Crippen LogP contribution is 2.02. The van der Waals surface area contributed by atoms with Crippen LogP contribution in [-0.2, 0) is 9.59 Å². The van der Waals surface area contributed by atoms with Crippen molar-refractivity contribution in [3.63, 3.8) is 0 Å². The zero-order chi connectivity index (χ0) is 11.1. The van der Waals surface area contributed by atoms with Crippen LogP contribution in [-0.4, -0.2) is 30.0 Å². The molecule has 0 aliphatic carbocycles. The van der Waals surface area contributed by atoms with E-state index in [0.717, 1.165) is 0 Å². The van der Waals surface area contributed by atoms with Gasteiger partial charge in [-0.05, 0) is 12.3 Å². The number of thiol groups is 1. The first-order valence-electron chi connectivity index (χ1n) is 4.55. The van der Waals surface area contributed by atoms with Gasteiger partial charge in [0.05, 0.1) is 6.04 Å². The smallest absolute Gasteiger partial charge is 0.237 e. The van der Waals surface area contributed by atoms with Gasteiger partial charge in [0.1, 0.15) is 6.04 Å². The van der Waals surface area contributed by atoms with Gasteiger partial charge in [0.2, 0.25) is 12.2 Å². The van der Waals surface area contributed by atoms with Crippen LogP contribution in [0, 0.1) is 5.92 Å². The van der Waals surface area contributed by atoms with Crippen LogP contribution < -0.4 is 11.1 Å². The van der Waals surface area contributed by atoms with Crippen LogP contribution >= 0.6 is 12.6 Å². The van der Waals surface area contributed by atoms with Gasteiger partial charge in [-0.2, -0.15) is 12.6 Å². The van der Waals surface area contributed by atoms with Crippen molar-refractivity contribution in [2.75, 3.05) is 5.75 Å². The molecule has 0 aromatic carbocycles. The van der Waals surface area contributed by atoms with E-state index in [0.29, 0.717) is 12.3 Å². The summed E-state index contributed by atoms with van der Waals surface area (Å²) in [7, 11) is 0. The summed E-state index contributed by atoms with van der Waals surface area (Å²) >= 11 is 3.89. The normalized spacial score (nSPS) is 14.9. The highest BCUT2D eigenvalue weighted by molar-refractivity contribution is 7.80. The quantitative estimate of drug-likeness (QED) is 0.543. The van der Waals surface area contributed by atoms with Crippen molar-refractivity contribution in [2.24, 2.45) is 11.7 Å². The fraction of sp³-hybridized carbons (Fsp3) is 0.778. The molecule has 0 aliphatic rings. The predicted octanol–water partition coefficient (Wildman–Crippen LogP) is -0.116. The molecule has 0 rings (SSSR count). The van der Waals surface area contributed by atoms with E-state index < -0.39 is 12.1 Å². The molecule has 3 N–H and O–H groups in total. The molecule has 0 saturated heterocycles. The summed E-state index contributed by atoms with van der Waals surface area (Å²) in [6, 6.07) is -1.23. The van der Waals surface area contributed by atoms with E-state index in [-0.39, 0.29) is 11.7 Å². The average Bonchev–Trinajstić information content (AvgIpc) is 2.12. The summed E-state index contributed by atoms with van der Waals surface area (Å²) in [6.07, 6.45) is 2.28. The number of nitrogens with one attached hydrogen (secondary N) is 1. The predicted molar refractivity (Wildman–Crippen MR) is 58.9 cm³/mol. The lowest BCUT2D eigenvalue weighted by Gasteiger charge is -2.16. The third-order valence-corrected chi connectivity index (χ3v) is 2.07. The molecule has 1 radical (unpaired) electrons. The number of rotatable bonds is 6. The molecule has 5 heteroatoms. The molecule has 1 amide bonds. The Hall–Kier alpha value is -0.550. The van der Waals surface area contributed by atoms with Crippen LogP contribution in [0.15, 0.2) is 0 Å². The van der Waals surface area contributed by atoms with Crippen molar-refractivity contribution < 1.29 is 9.59 Å². The Labute approximate surface area is 90.0 Å². The van der Waals surface area contributed by atoms with Gasteiger partial charge >= 0.3 is 0 Å². The maximum absolute atomic E-state index is 11.4. The molecular formula is C9H17N2O2S. The van der Waals surface area contributed by atoms with Crippen molar-refractivity contribution in [3.8, 4) is 0 Å². The van der Waals surface area contributed by atoms with Gasteiger partial charge in [-0.25, -0.2) is 0 Å². The van der Waals surface area contributed by atoms with Gasteiger partial charge in [0, 0.05) is 5.75 Å². The molecule has 14 heavy (non-hydrogen) atoms. The minimum absolute atomic E-state index is 0.240. The van der Waals surface area contributed by atoms with E-state index in [9.17, 15) is 9.59 Å². The molecule has 0 aliphatic heterocycles. The molecule has 0 bridgehead atoms. The average molecular weight is 217 g/mol. The van der Waals surface area contributed by atoms with Crippen molar-refractivity contribution in [1.82, 2.24) is 5.32 Å². The lowest BCUT2D eigenvalue weighted by Crippen LogP contribution is -2.47. The SMILES string of the molecule is CC(C)CC(N)C(=O)NC([C]=O)CS. The summed E-state index contributed by atoms with van der Waals surface area (Å²) in [6.45, 7) is 3.96. The largest absolute Gasteiger partial charge is 0.344 e. The fourth-order valence-electron chi connectivity index (χ4n) is 1.01. The van der Waals surface area contributed by atoms with Gasteiger partial charge in [-0.1, -0.05) is 13.8 Å². The van der Waals surface area contributed by atoms with E-state index in [4.69, 9.17) is 5.73 Å². The molecule has 0 aromatic heterocycles. The summed E-state index contributed by atoms with van der Waals surface area (Å²) < 4.78 is 0. The third-order valence-electron chi connectivity index (χ3n) is 1.70. The van der Waals surface area contributed by atoms with Crippen LogP contribution in [0.1, 0.15) is 20.3 Å². The van der Waals surface area contributed by atoms with E-state index in [1.165, 1.54) is 0 Å². The van der Waals surface area contributed by atoms with Crippen LogP contribution in [0.25, 0.3) is 0 Å². The Morgan fingerprint density at radius 2 is 2.14 bits per heavy atom. The monoisotopic (exact) mass is 217 g/mol. The first-order valence-corrected chi connectivity index (χ1v) is 5.19. The Bertz CT molecular complexity index is 197. The Morgan fingerprint density at radius 1 is 1.57 bits per heavy atom. The lowest BCUT2D eigenvalue weighted by molar-refractivity contribution is -0.122. The number of carbonyl (C=O) groups excluding carboxylic acids is 2. The number of hydrogen-bond donors (Lipinski definition) is 3. The van der Waals surface area contributed by atoms with E-state index in [2.05, 4.69) is 17.9 Å². The Kier molecular flexibility index (Phi) is 6.57. The summed E-state index contributed by atoms with van der Waals surface area (Å²) in [5.74, 6) is 0.274. The first-order chi connectivity index (χ1) is 6.51. The zero-order valence-corrected chi connectivity index (χ0v) is 9.38.